The monoisotopic (exact) mass is 250 g/mol. The molecule has 1 atom stereocenters. The third kappa shape index (κ3) is 3.07. The summed E-state index contributed by atoms with van der Waals surface area (Å²) >= 11 is 0. The number of nitrogens with one attached hydrogen (secondary N) is 1. The third-order valence-electron chi connectivity index (χ3n) is 3.35. The molecule has 1 N–H and O–H groups in total. The highest BCUT2D eigenvalue weighted by Crippen LogP contribution is 2.13. The van der Waals surface area contributed by atoms with Crippen molar-refractivity contribution >= 4 is 5.91 Å². The first-order chi connectivity index (χ1) is 8.68. The van der Waals surface area contributed by atoms with Crippen LogP contribution in [0, 0.1) is 5.82 Å². The molecule has 98 valence electrons. The van der Waals surface area contributed by atoms with Crippen LogP contribution in [-0.4, -0.2) is 30.4 Å². The lowest BCUT2D eigenvalue weighted by Gasteiger charge is -2.27. The van der Waals surface area contributed by atoms with Gasteiger partial charge < -0.3 is 10.2 Å². The Morgan fingerprint density at radius 2 is 2.22 bits per heavy atom. The van der Waals surface area contributed by atoms with Gasteiger partial charge in [-0.25, -0.2) is 4.39 Å². The lowest BCUT2D eigenvalue weighted by molar-refractivity contribution is -0.133. The topological polar surface area (TPSA) is 32.3 Å². The first-order valence-electron chi connectivity index (χ1n) is 6.40. The Balaban J connectivity index is 1.96. The van der Waals surface area contributed by atoms with Gasteiger partial charge in [-0.15, -0.1) is 0 Å². The van der Waals surface area contributed by atoms with Gasteiger partial charge >= 0.3 is 0 Å². The molecule has 2 rings (SSSR count). The molecule has 0 radical (unpaired) electrons. The molecular formula is C14H19FN2O. The second-order valence-corrected chi connectivity index (χ2v) is 4.79. The van der Waals surface area contributed by atoms with E-state index < -0.39 is 0 Å². The van der Waals surface area contributed by atoms with Gasteiger partial charge in [-0.2, -0.15) is 0 Å². The molecule has 0 bridgehead atoms. The standard InChI is InChI=1S/C14H19FN2O/c1-17(10-11-6-2-3-7-12(11)15)14(18)13-8-4-5-9-16-13/h2-3,6-7,13,16H,4-5,8-10H2,1H3/t13-/m0/s1. The molecule has 1 fully saturated rings. The van der Waals surface area contributed by atoms with E-state index >= 15 is 0 Å². The molecule has 1 saturated heterocycles. The molecule has 18 heavy (non-hydrogen) atoms. The number of carbonyl (C=O) groups is 1. The van der Waals surface area contributed by atoms with Gasteiger partial charge in [-0.3, -0.25) is 4.79 Å². The van der Waals surface area contributed by atoms with Gasteiger partial charge in [0.05, 0.1) is 6.04 Å². The van der Waals surface area contributed by atoms with E-state index in [4.69, 9.17) is 0 Å². The number of hydrogen-bond acceptors (Lipinski definition) is 2. The van der Waals surface area contributed by atoms with Crippen molar-refractivity contribution in [3.05, 3.63) is 35.6 Å². The van der Waals surface area contributed by atoms with Gasteiger partial charge in [0.15, 0.2) is 0 Å². The van der Waals surface area contributed by atoms with Crippen LogP contribution in [0.25, 0.3) is 0 Å². The number of piperidine rings is 1. The molecule has 1 aromatic carbocycles. The predicted molar refractivity (Wildman–Crippen MR) is 68.5 cm³/mol. The Bertz CT molecular complexity index is 416. The molecule has 0 aromatic heterocycles. The summed E-state index contributed by atoms with van der Waals surface area (Å²) in [5, 5.41) is 3.22. The second kappa shape index (κ2) is 5.96. The maximum atomic E-state index is 13.5. The number of amides is 1. The van der Waals surface area contributed by atoms with Crippen LogP contribution < -0.4 is 5.32 Å². The average molecular weight is 250 g/mol. The highest BCUT2D eigenvalue weighted by Gasteiger charge is 2.23. The molecule has 4 heteroatoms. The molecule has 0 aliphatic carbocycles. The number of carbonyl (C=O) groups excluding carboxylic acids is 1. The van der Waals surface area contributed by atoms with E-state index in [2.05, 4.69) is 5.32 Å². The zero-order valence-electron chi connectivity index (χ0n) is 10.7. The number of likely N-dealkylation sites (N-methyl/N-ethyl adjacent to an activating group) is 1. The summed E-state index contributed by atoms with van der Waals surface area (Å²) < 4.78 is 13.5. The summed E-state index contributed by atoms with van der Waals surface area (Å²) in [6.07, 6.45) is 3.08. The number of benzene rings is 1. The maximum absolute atomic E-state index is 13.5. The Hall–Kier alpha value is -1.42. The molecular weight excluding hydrogens is 231 g/mol. The van der Waals surface area contributed by atoms with E-state index in [1.165, 1.54) is 6.07 Å². The second-order valence-electron chi connectivity index (χ2n) is 4.79. The SMILES string of the molecule is CN(Cc1ccccc1F)C(=O)[C@@H]1CCCCN1. The third-order valence-corrected chi connectivity index (χ3v) is 3.35. The van der Waals surface area contributed by atoms with E-state index in [0.29, 0.717) is 12.1 Å². The van der Waals surface area contributed by atoms with E-state index in [1.54, 1.807) is 30.1 Å². The van der Waals surface area contributed by atoms with E-state index in [-0.39, 0.29) is 17.8 Å². The van der Waals surface area contributed by atoms with E-state index in [9.17, 15) is 9.18 Å². The minimum Gasteiger partial charge on any atom is -0.340 e. The molecule has 0 spiro atoms. The summed E-state index contributed by atoms with van der Waals surface area (Å²) in [5.41, 5.74) is 0.559. The average Bonchev–Trinajstić information content (AvgIpc) is 2.41. The zero-order valence-corrected chi connectivity index (χ0v) is 10.7. The van der Waals surface area contributed by atoms with E-state index in [1.807, 2.05) is 0 Å². The van der Waals surface area contributed by atoms with E-state index in [0.717, 1.165) is 25.8 Å². The molecule has 1 aliphatic heterocycles. The van der Waals surface area contributed by atoms with Gasteiger partial charge in [-0.05, 0) is 25.5 Å². The highest BCUT2D eigenvalue weighted by molar-refractivity contribution is 5.81. The van der Waals surface area contributed by atoms with Crippen LogP contribution in [0.4, 0.5) is 4.39 Å². The van der Waals surface area contributed by atoms with Gasteiger partial charge in [0.25, 0.3) is 0 Å². The first kappa shape index (κ1) is 13.0. The van der Waals surface area contributed by atoms with Gasteiger partial charge in [-0.1, -0.05) is 24.6 Å². The molecule has 3 nitrogen and oxygen atoms in total. The van der Waals surface area contributed by atoms with Crippen LogP contribution in [-0.2, 0) is 11.3 Å². The van der Waals surface area contributed by atoms with Crippen molar-refractivity contribution in [2.45, 2.75) is 31.8 Å². The molecule has 1 amide bonds. The maximum Gasteiger partial charge on any atom is 0.239 e. The molecule has 1 heterocycles. The van der Waals surface area contributed by atoms with Crippen LogP contribution in [0.3, 0.4) is 0 Å². The van der Waals surface area contributed by atoms with Crippen molar-refractivity contribution in [2.24, 2.45) is 0 Å². The van der Waals surface area contributed by atoms with Crippen LogP contribution in [0.5, 0.6) is 0 Å². The van der Waals surface area contributed by atoms with Gasteiger partial charge in [0.2, 0.25) is 5.91 Å². The van der Waals surface area contributed by atoms with Crippen LogP contribution in [0.2, 0.25) is 0 Å². The molecule has 1 aromatic rings. The first-order valence-corrected chi connectivity index (χ1v) is 6.40. The number of halogens is 1. The van der Waals surface area contributed by atoms with Crippen LogP contribution in [0.15, 0.2) is 24.3 Å². The van der Waals surface area contributed by atoms with Crippen molar-refractivity contribution in [3.8, 4) is 0 Å². The number of nitrogens with zero attached hydrogens (tertiary/aromatic N) is 1. The van der Waals surface area contributed by atoms with Crippen molar-refractivity contribution in [3.63, 3.8) is 0 Å². The molecule has 0 saturated carbocycles. The number of hydrogen-bond donors (Lipinski definition) is 1. The van der Waals surface area contributed by atoms with Gasteiger partial charge in [0.1, 0.15) is 5.82 Å². The van der Waals surface area contributed by atoms with Gasteiger partial charge in [0, 0.05) is 19.2 Å². The summed E-state index contributed by atoms with van der Waals surface area (Å²) in [6.45, 7) is 1.22. The Morgan fingerprint density at radius 3 is 2.89 bits per heavy atom. The Morgan fingerprint density at radius 1 is 1.44 bits per heavy atom. The zero-order chi connectivity index (χ0) is 13.0. The molecule has 0 unspecified atom stereocenters. The minimum atomic E-state index is -0.256. The fourth-order valence-corrected chi connectivity index (χ4v) is 2.29. The van der Waals surface area contributed by atoms with Crippen molar-refractivity contribution < 1.29 is 9.18 Å². The van der Waals surface area contributed by atoms with Crippen LogP contribution >= 0.6 is 0 Å². The smallest absolute Gasteiger partial charge is 0.239 e. The summed E-state index contributed by atoms with van der Waals surface area (Å²) in [5.74, 6) is -0.202. The van der Waals surface area contributed by atoms with Crippen molar-refractivity contribution in [1.82, 2.24) is 10.2 Å². The summed E-state index contributed by atoms with van der Waals surface area (Å²) in [4.78, 5) is 13.8. The fraction of sp³-hybridized carbons (Fsp3) is 0.500. The summed E-state index contributed by atoms with van der Waals surface area (Å²) in [7, 11) is 1.73. The fourth-order valence-electron chi connectivity index (χ4n) is 2.29. The Kier molecular flexibility index (Phi) is 4.31. The number of rotatable bonds is 3. The predicted octanol–water partition coefficient (Wildman–Crippen LogP) is 1.93. The Labute approximate surface area is 107 Å². The quantitative estimate of drug-likeness (QED) is 0.889. The lowest BCUT2D eigenvalue weighted by atomic mass is 10.0. The lowest BCUT2D eigenvalue weighted by Crippen LogP contribution is -2.47. The van der Waals surface area contributed by atoms with Crippen molar-refractivity contribution in [1.29, 1.82) is 0 Å². The minimum absolute atomic E-state index is 0.0537. The van der Waals surface area contributed by atoms with Crippen LogP contribution in [0.1, 0.15) is 24.8 Å². The normalized spacial score (nSPS) is 19.6. The highest BCUT2D eigenvalue weighted by atomic mass is 19.1. The summed E-state index contributed by atoms with van der Waals surface area (Å²) in [6, 6.07) is 6.48. The largest absolute Gasteiger partial charge is 0.340 e. The van der Waals surface area contributed by atoms with Crippen molar-refractivity contribution in [2.75, 3.05) is 13.6 Å². The molecule has 1 aliphatic rings.